The number of rotatable bonds is 9. The first kappa shape index (κ1) is 25.1. The summed E-state index contributed by atoms with van der Waals surface area (Å²) in [5.74, 6) is 0.936. The zero-order valence-electron chi connectivity index (χ0n) is 22.0. The molecule has 0 bridgehead atoms. The third kappa shape index (κ3) is 5.39. The second kappa shape index (κ2) is 11.2. The average molecular weight is 493 g/mol. The molecule has 1 N–H and O–H groups in total. The Morgan fingerprint density at radius 2 is 1.97 bits per heavy atom. The van der Waals surface area contributed by atoms with Crippen LogP contribution in [0, 0.1) is 13.8 Å². The summed E-state index contributed by atoms with van der Waals surface area (Å²) in [6, 6.07) is 6.74. The lowest BCUT2D eigenvalue weighted by Gasteiger charge is -2.33. The van der Waals surface area contributed by atoms with Crippen LogP contribution in [0.25, 0.3) is 10.9 Å². The average Bonchev–Trinajstić information content (AvgIpc) is 3.56. The minimum atomic E-state index is -0.0195. The first-order valence-electron chi connectivity index (χ1n) is 13.8. The molecule has 1 saturated carbocycles. The van der Waals surface area contributed by atoms with Gasteiger partial charge in [0.15, 0.2) is 5.82 Å². The molecule has 0 spiro atoms. The normalized spacial score (nSPS) is 19.9. The van der Waals surface area contributed by atoms with Gasteiger partial charge in [-0.15, -0.1) is 5.10 Å². The maximum Gasteiger partial charge on any atom is 0.252 e. The molecule has 2 aliphatic rings. The number of ether oxygens (including phenoxy) is 1. The van der Waals surface area contributed by atoms with Gasteiger partial charge in [-0.05, 0) is 79.5 Å². The van der Waals surface area contributed by atoms with Gasteiger partial charge < -0.3 is 9.72 Å². The number of tetrazole rings is 1. The number of aryl methyl sites for hydroxylation is 2. The lowest BCUT2D eigenvalue weighted by atomic mass is 9.95. The van der Waals surface area contributed by atoms with Gasteiger partial charge in [0.25, 0.3) is 5.56 Å². The van der Waals surface area contributed by atoms with Crippen molar-refractivity contribution in [2.45, 2.75) is 103 Å². The predicted molar refractivity (Wildman–Crippen MR) is 141 cm³/mol. The molecule has 1 aliphatic heterocycles. The number of nitrogens with one attached hydrogen (secondary N) is 1. The van der Waals surface area contributed by atoms with Gasteiger partial charge in [-0.25, -0.2) is 4.68 Å². The molecule has 1 aliphatic carbocycles. The molecule has 2 aromatic heterocycles. The van der Waals surface area contributed by atoms with Gasteiger partial charge in [-0.2, -0.15) is 0 Å². The molecule has 194 valence electrons. The van der Waals surface area contributed by atoms with Crippen molar-refractivity contribution in [3.63, 3.8) is 0 Å². The predicted octanol–water partition coefficient (Wildman–Crippen LogP) is 5.16. The molecule has 2 atom stereocenters. The van der Waals surface area contributed by atoms with E-state index in [2.05, 4.69) is 69.1 Å². The maximum absolute atomic E-state index is 13.3. The van der Waals surface area contributed by atoms with E-state index in [0.29, 0.717) is 12.6 Å². The Morgan fingerprint density at radius 1 is 1.14 bits per heavy atom. The first-order valence-corrected chi connectivity index (χ1v) is 13.8. The Hall–Kier alpha value is -2.58. The summed E-state index contributed by atoms with van der Waals surface area (Å²) in [6.07, 6.45) is 10.3. The summed E-state index contributed by atoms with van der Waals surface area (Å²) in [5, 5.41) is 14.3. The van der Waals surface area contributed by atoms with Gasteiger partial charge in [0.05, 0.1) is 23.7 Å². The van der Waals surface area contributed by atoms with Gasteiger partial charge in [0.2, 0.25) is 0 Å². The zero-order valence-corrected chi connectivity index (χ0v) is 22.0. The van der Waals surface area contributed by atoms with Crippen molar-refractivity contribution in [3.05, 3.63) is 51.1 Å². The second-order valence-corrected chi connectivity index (χ2v) is 10.8. The number of hydrogen-bond donors (Lipinski definition) is 1. The van der Waals surface area contributed by atoms with E-state index in [1.165, 1.54) is 24.8 Å². The molecular weight excluding hydrogens is 452 g/mol. The molecule has 2 fully saturated rings. The summed E-state index contributed by atoms with van der Waals surface area (Å²) in [7, 11) is 0. The third-order valence-corrected chi connectivity index (χ3v) is 7.95. The fourth-order valence-electron chi connectivity index (χ4n) is 6.17. The van der Waals surface area contributed by atoms with Gasteiger partial charge in [-0.1, -0.05) is 44.2 Å². The molecule has 3 aromatic rings. The Balaban J connectivity index is 1.51. The number of benzene rings is 1. The van der Waals surface area contributed by atoms with E-state index >= 15 is 0 Å². The molecule has 5 rings (SSSR count). The van der Waals surface area contributed by atoms with Crippen LogP contribution in [0.5, 0.6) is 0 Å². The lowest BCUT2D eigenvalue weighted by Crippen LogP contribution is -2.38. The molecular formula is C28H40N6O2. The van der Waals surface area contributed by atoms with Crippen LogP contribution < -0.4 is 5.56 Å². The molecule has 1 aromatic carbocycles. The van der Waals surface area contributed by atoms with Crippen molar-refractivity contribution in [2.24, 2.45) is 0 Å². The van der Waals surface area contributed by atoms with Crippen molar-refractivity contribution < 1.29 is 4.74 Å². The van der Waals surface area contributed by atoms with Crippen LogP contribution in [0.3, 0.4) is 0 Å². The topological polar surface area (TPSA) is 88.9 Å². The number of hydrogen-bond acceptors (Lipinski definition) is 6. The van der Waals surface area contributed by atoms with Gasteiger partial charge in [0.1, 0.15) is 0 Å². The number of nitrogens with zero attached hydrogens (tertiary/aromatic N) is 5. The highest BCUT2D eigenvalue weighted by atomic mass is 16.5. The first-order chi connectivity index (χ1) is 17.5. The van der Waals surface area contributed by atoms with E-state index in [9.17, 15) is 4.79 Å². The molecule has 8 heteroatoms. The summed E-state index contributed by atoms with van der Waals surface area (Å²) in [4.78, 5) is 18.8. The Kier molecular flexibility index (Phi) is 7.82. The molecule has 0 amide bonds. The van der Waals surface area contributed by atoms with Crippen molar-refractivity contribution in [2.75, 3.05) is 13.2 Å². The highest BCUT2D eigenvalue weighted by Crippen LogP contribution is 2.33. The van der Waals surface area contributed by atoms with Crippen molar-refractivity contribution >= 4 is 10.9 Å². The molecule has 0 unspecified atom stereocenters. The monoisotopic (exact) mass is 492 g/mol. The van der Waals surface area contributed by atoms with Crippen LogP contribution in [-0.4, -0.2) is 49.3 Å². The number of aromatic amines is 1. The number of aromatic nitrogens is 5. The minimum Gasteiger partial charge on any atom is -0.377 e. The lowest BCUT2D eigenvalue weighted by molar-refractivity contribution is 0.0468. The fourth-order valence-corrected chi connectivity index (χ4v) is 6.17. The highest BCUT2D eigenvalue weighted by Gasteiger charge is 2.32. The summed E-state index contributed by atoms with van der Waals surface area (Å²) in [6.45, 7) is 8.49. The maximum atomic E-state index is 13.3. The van der Waals surface area contributed by atoms with Crippen LogP contribution in [0.15, 0.2) is 23.0 Å². The fraction of sp³-hybridized carbons (Fsp3) is 0.643. The Labute approximate surface area is 213 Å². The smallest absolute Gasteiger partial charge is 0.252 e. The summed E-state index contributed by atoms with van der Waals surface area (Å²) >= 11 is 0. The van der Waals surface area contributed by atoms with Crippen LogP contribution in [0.4, 0.5) is 0 Å². The number of fused-ring (bicyclic) bond motifs is 1. The van der Waals surface area contributed by atoms with Gasteiger partial charge in [0, 0.05) is 25.3 Å². The van der Waals surface area contributed by atoms with Gasteiger partial charge >= 0.3 is 0 Å². The Bertz CT molecular complexity index is 1220. The number of H-pyrrole nitrogens is 1. The minimum absolute atomic E-state index is 0.0195. The van der Waals surface area contributed by atoms with Crippen LogP contribution in [0.2, 0.25) is 0 Å². The van der Waals surface area contributed by atoms with Crippen LogP contribution in [0.1, 0.15) is 99.3 Å². The zero-order chi connectivity index (χ0) is 25.1. The van der Waals surface area contributed by atoms with Crippen molar-refractivity contribution in [3.8, 4) is 0 Å². The van der Waals surface area contributed by atoms with E-state index in [1.54, 1.807) is 0 Å². The molecule has 0 radical (unpaired) electrons. The quantitative estimate of drug-likeness (QED) is 0.444. The van der Waals surface area contributed by atoms with E-state index in [4.69, 9.17) is 4.74 Å². The summed E-state index contributed by atoms with van der Waals surface area (Å²) < 4.78 is 8.16. The SMILES string of the molecule is CCC[C@@H](c1nnnn1C1CCCCC1)N(Cc1cc2cc(C)cc(C)c2[nH]c1=O)C[C@@H]1CCCO1. The molecule has 3 heterocycles. The summed E-state index contributed by atoms with van der Waals surface area (Å²) in [5.41, 5.74) is 3.98. The van der Waals surface area contributed by atoms with E-state index in [1.807, 2.05) is 0 Å². The van der Waals surface area contributed by atoms with Crippen molar-refractivity contribution in [1.82, 2.24) is 30.1 Å². The Morgan fingerprint density at radius 3 is 2.72 bits per heavy atom. The molecule has 8 nitrogen and oxygen atoms in total. The largest absolute Gasteiger partial charge is 0.377 e. The van der Waals surface area contributed by atoms with E-state index in [-0.39, 0.29) is 17.7 Å². The highest BCUT2D eigenvalue weighted by molar-refractivity contribution is 5.82. The molecule has 1 saturated heterocycles. The van der Waals surface area contributed by atoms with E-state index in [0.717, 1.165) is 79.5 Å². The van der Waals surface area contributed by atoms with E-state index < -0.39 is 0 Å². The molecule has 36 heavy (non-hydrogen) atoms. The standard InChI is InChI=1S/C28H40N6O2/c1-4-9-25(27-30-31-32-34(27)23-10-6-5-7-11-23)33(18-24-12-8-13-36-24)17-22-16-21-15-19(2)14-20(3)26(21)29-28(22)35/h14-16,23-25H,4-13,17-18H2,1-3H3,(H,29,35)/t24-,25-/m0/s1. The second-order valence-electron chi connectivity index (χ2n) is 10.8. The van der Waals surface area contributed by atoms with Crippen LogP contribution in [-0.2, 0) is 11.3 Å². The third-order valence-electron chi connectivity index (χ3n) is 7.95. The van der Waals surface area contributed by atoms with Crippen LogP contribution >= 0.6 is 0 Å². The number of pyridine rings is 1. The van der Waals surface area contributed by atoms with Gasteiger partial charge in [-0.3, -0.25) is 9.69 Å². The van der Waals surface area contributed by atoms with Crippen molar-refractivity contribution in [1.29, 1.82) is 0 Å².